The van der Waals surface area contributed by atoms with Gasteiger partial charge in [-0.1, -0.05) is 57.7 Å². The number of methoxy groups -OCH3 is 1. The van der Waals surface area contributed by atoms with Gasteiger partial charge in [0.2, 0.25) is 5.91 Å². The zero-order chi connectivity index (χ0) is 29.3. The van der Waals surface area contributed by atoms with E-state index in [-0.39, 0.29) is 5.91 Å². The molecule has 8 heteroatoms. The fourth-order valence-electron chi connectivity index (χ4n) is 5.74. The number of benzene rings is 3. The molecule has 0 unspecified atom stereocenters. The van der Waals surface area contributed by atoms with E-state index in [4.69, 9.17) is 14.7 Å². The molecule has 1 aromatic heterocycles. The number of ether oxygens (including phenoxy) is 1. The maximum Gasteiger partial charge on any atom is 0.238 e. The number of hydrogen-bond acceptors (Lipinski definition) is 7. The smallest absolute Gasteiger partial charge is 0.238 e. The Hall–Kier alpha value is -4.17. The maximum absolute atomic E-state index is 13.0. The first kappa shape index (κ1) is 29.3. The third kappa shape index (κ3) is 7.56. The summed E-state index contributed by atoms with van der Waals surface area (Å²) < 4.78 is 5.56. The highest BCUT2D eigenvalue weighted by Crippen LogP contribution is 2.31. The number of rotatable bonds is 12. The summed E-state index contributed by atoms with van der Waals surface area (Å²) in [7, 11) is 1.68. The van der Waals surface area contributed by atoms with Crippen molar-refractivity contribution in [2.24, 2.45) is 0 Å². The van der Waals surface area contributed by atoms with Crippen LogP contribution in [0.4, 0.5) is 28.7 Å². The van der Waals surface area contributed by atoms with Crippen LogP contribution in [0.15, 0.2) is 66.7 Å². The zero-order valence-corrected chi connectivity index (χ0v) is 25.0. The molecule has 1 amide bonds. The topological polar surface area (TPSA) is 91.4 Å². The quantitative estimate of drug-likeness (QED) is 0.162. The summed E-state index contributed by atoms with van der Waals surface area (Å²) in [5.41, 5.74) is 5.19. The van der Waals surface area contributed by atoms with Gasteiger partial charge in [0.25, 0.3) is 0 Å². The maximum atomic E-state index is 13.0. The number of carbonyl (C=O) groups excluding carboxylic acids is 1. The number of carbonyl (C=O) groups is 1. The van der Waals surface area contributed by atoms with Gasteiger partial charge in [0, 0.05) is 29.2 Å². The van der Waals surface area contributed by atoms with Gasteiger partial charge >= 0.3 is 0 Å². The van der Waals surface area contributed by atoms with E-state index in [0.717, 1.165) is 53.2 Å². The average molecular weight is 567 g/mol. The summed E-state index contributed by atoms with van der Waals surface area (Å²) in [5.74, 6) is 1.99. The van der Waals surface area contributed by atoms with Crippen molar-refractivity contribution < 1.29 is 9.53 Å². The number of amides is 1. The fraction of sp³-hybridized carbons (Fsp3) is 0.382. The van der Waals surface area contributed by atoms with E-state index in [2.05, 4.69) is 46.8 Å². The Morgan fingerprint density at radius 2 is 1.55 bits per heavy atom. The van der Waals surface area contributed by atoms with Crippen molar-refractivity contribution in [3.05, 3.63) is 72.3 Å². The third-order valence-electron chi connectivity index (χ3n) is 7.83. The zero-order valence-electron chi connectivity index (χ0n) is 25.0. The summed E-state index contributed by atoms with van der Waals surface area (Å²) in [6.07, 6.45) is 8.16. The van der Waals surface area contributed by atoms with E-state index in [1.165, 1.54) is 37.7 Å². The Kier molecular flexibility index (Phi) is 9.87. The predicted octanol–water partition coefficient (Wildman–Crippen LogP) is 7.67. The Morgan fingerprint density at radius 1 is 0.857 bits per heavy atom. The van der Waals surface area contributed by atoms with Crippen LogP contribution in [0.3, 0.4) is 0 Å². The van der Waals surface area contributed by atoms with E-state index in [9.17, 15) is 4.79 Å². The van der Waals surface area contributed by atoms with Crippen molar-refractivity contribution in [2.45, 2.75) is 64.8 Å². The molecule has 220 valence electrons. The number of fused-ring (bicyclic) bond motifs is 1. The SMILES string of the molecule is CCCc1cc(Nc2nc3ccccc3nc2Nc2cccc(NC(=O)CN(CC)C3CCCCC3)c2)cc(OC)c1. The second kappa shape index (κ2) is 14.1. The van der Waals surface area contributed by atoms with Crippen LogP contribution in [-0.4, -0.2) is 47.0 Å². The molecule has 0 saturated heterocycles. The number of aromatic nitrogens is 2. The van der Waals surface area contributed by atoms with Gasteiger partial charge in [-0.05, 0) is 73.8 Å². The molecule has 0 aliphatic heterocycles. The first-order valence-corrected chi connectivity index (χ1v) is 15.2. The van der Waals surface area contributed by atoms with E-state index < -0.39 is 0 Å². The molecule has 3 N–H and O–H groups in total. The molecule has 1 aliphatic carbocycles. The number of nitrogens with zero attached hydrogens (tertiary/aromatic N) is 3. The highest BCUT2D eigenvalue weighted by molar-refractivity contribution is 5.93. The van der Waals surface area contributed by atoms with Crippen LogP contribution in [0, 0.1) is 0 Å². The normalized spacial score (nSPS) is 13.7. The average Bonchev–Trinajstić information content (AvgIpc) is 3.01. The van der Waals surface area contributed by atoms with Crippen LogP contribution < -0.4 is 20.7 Å². The van der Waals surface area contributed by atoms with Crippen molar-refractivity contribution in [2.75, 3.05) is 36.1 Å². The van der Waals surface area contributed by atoms with E-state index in [0.29, 0.717) is 24.2 Å². The second-order valence-corrected chi connectivity index (χ2v) is 11.0. The van der Waals surface area contributed by atoms with Gasteiger partial charge < -0.3 is 20.7 Å². The molecule has 0 radical (unpaired) electrons. The van der Waals surface area contributed by atoms with Crippen LogP contribution in [0.25, 0.3) is 11.0 Å². The summed E-state index contributed by atoms with van der Waals surface area (Å²) in [6, 6.07) is 22.2. The third-order valence-corrected chi connectivity index (χ3v) is 7.83. The Morgan fingerprint density at radius 3 is 2.21 bits per heavy atom. The Bertz CT molecular complexity index is 1500. The van der Waals surface area contributed by atoms with Crippen molar-refractivity contribution in [1.29, 1.82) is 0 Å². The minimum atomic E-state index is 0.00772. The molecule has 1 aliphatic rings. The number of para-hydroxylation sites is 2. The fourth-order valence-corrected chi connectivity index (χ4v) is 5.74. The summed E-state index contributed by atoms with van der Waals surface area (Å²) in [5, 5.41) is 10.0. The minimum Gasteiger partial charge on any atom is -0.497 e. The highest BCUT2D eigenvalue weighted by Gasteiger charge is 2.22. The molecule has 1 heterocycles. The molecule has 5 rings (SSSR count). The van der Waals surface area contributed by atoms with Gasteiger partial charge in [-0.15, -0.1) is 0 Å². The summed E-state index contributed by atoms with van der Waals surface area (Å²) in [4.78, 5) is 25.1. The molecule has 0 spiro atoms. The van der Waals surface area contributed by atoms with Gasteiger partial charge in [0.15, 0.2) is 11.6 Å². The van der Waals surface area contributed by atoms with Crippen LogP contribution in [0.5, 0.6) is 5.75 Å². The number of nitrogens with one attached hydrogen (secondary N) is 3. The Balaban J connectivity index is 1.36. The lowest BCUT2D eigenvalue weighted by Crippen LogP contribution is -2.41. The number of hydrogen-bond donors (Lipinski definition) is 3. The molecule has 1 fully saturated rings. The molecule has 8 nitrogen and oxygen atoms in total. The van der Waals surface area contributed by atoms with Crippen LogP contribution in [-0.2, 0) is 11.2 Å². The lowest BCUT2D eigenvalue weighted by Gasteiger charge is -2.32. The number of aryl methyl sites for hydroxylation is 1. The van der Waals surface area contributed by atoms with Gasteiger partial charge in [-0.3, -0.25) is 9.69 Å². The van der Waals surface area contributed by atoms with E-state index >= 15 is 0 Å². The largest absolute Gasteiger partial charge is 0.497 e. The van der Waals surface area contributed by atoms with Gasteiger partial charge in [-0.2, -0.15) is 0 Å². The molecule has 0 atom stereocenters. The predicted molar refractivity (Wildman–Crippen MR) is 172 cm³/mol. The number of likely N-dealkylation sites (N-methyl/N-ethyl adjacent to an activating group) is 1. The standard InChI is InChI=1S/C34H42N6O2/c1-4-12-24-19-27(22-29(20-24)42-3)37-34-33(38-30-17-9-10-18-31(30)39-34)36-26-14-11-13-25(21-26)35-32(41)23-40(5-2)28-15-7-6-8-16-28/h9-11,13-14,17-22,28H,4-8,12,15-16,23H2,1-3H3,(H,35,41)(H,36,38)(H,37,39). The molecule has 4 aromatic rings. The summed E-state index contributed by atoms with van der Waals surface area (Å²) in [6.45, 7) is 5.59. The van der Waals surface area contributed by atoms with Crippen molar-refractivity contribution in [3.8, 4) is 5.75 Å². The lowest BCUT2D eigenvalue weighted by atomic mass is 9.94. The first-order valence-electron chi connectivity index (χ1n) is 15.2. The Labute approximate surface area is 248 Å². The van der Waals surface area contributed by atoms with Crippen LogP contribution in [0.1, 0.15) is 57.9 Å². The molecule has 0 bridgehead atoms. The molecular weight excluding hydrogens is 524 g/mol. The van der Waals surface area contributed by atoms with Gasteiger partial charge in [0.1, 0.15) is 5.75 Å². The number of anilines is 5. The first-order chi connectivity index (χ1) is 20.5. The van der Waals surface area contributed by atoms with Crippen LogP contribution >= 0.6 is 0 Å². The molecular formula is C34H42N6O2. The monoisotopic (exact) mass is 566 g/mol. The van der Waals surface area contributed by atoms with Crippen molar-refractivity contribution in [3.63, 3.8) is 0 Å². The van der Waals surface area contributed by atoms with E-state index in [1.807, 2.05) is 54.6 Å². The minimum absolute atomic E-state index is 0.00772. The molecule has 3 aromatic carbocycles. The van der Waals surface area contributed by atoms with E-state index in [1.54, 1.807) is 7.11 Å². The van der Waals surface area contributed by atoms with Crippen molar-refractivity contribution in [1.82, 2.24) is 14.9 Å². The summed E-state index contributed by atoms with van der Waals surface area (Å²) >= 11 is 0. The second-order valence-electron chi connectivity index (χ2n) is 11.0. The lowest BCUT2D eigenvalue weighted by molar-refractivity contribution is -0.118. The van der Waals surface area contributed by atoms with Crippen LogP contribution in [0.2, 0.25) is 0 Å². The van der Waals surface area contributed by atoms with Gasteiger partial charge in [-0.25, -0.2) is 9.97 Å². The van der Waals surface area contributed by atoms with Gasteiger partial charge in [0.05, 0.1) is 24.7 Å². The molecule has 42 heavy (non-hydrogen) atoms. The molecule has 1 saturated carbocycles. The van der Waals surface area contributed by atoms with Crippen molar-refractivity contribution >= 4 is 45.6 Å². The highest BCUT2D eigenvalue weighted by atomic mass is 16.5.